The van der Waals surface area contributed by atoms with Crippen molar-refractivity contribution in [1.82, 2.24) is 10.6 Å². The van der Waals surface area contributed by atoms with Gasteiger partial charge >= 0.3 is 0 Å². The van der Waals surface area contributed by atoms with E-state index in [-0.39, 0.29) is 36.3 Å². The molecule has 0 fully saturated rings. The van der Waals surface area contributed by atoms with E-state index in [0.29, 0.717) is 29.4 Å². The standard InChI is InChI=1S/C21H27FN4O3S.HI/c1-14-10-16(6-9-19(14)30(3,28)29)12-25-21(24-2)26-13-17(20(23)27)11-15-4-7-18(22)8-5-15;/h4-10,17H,11-13H2,1-3H3,(H2,23,27)(H2,24,25,26);1H. The highest BCUT2D eigenvalue weighted by molar-refractivity contribution is 14.0. The first-order valence-electron chi connectivity index (χ1n) is 9.38. The first-order valence-corrected chi connectivity index (χ1v) is 11.3. The van der Waals surface area contributed by atoms with Gasteiger partial charge in [-0.15, -0.1) is 24.0 Å². The fourth-order valence-electron chi connectivity index (χ4n) is 3.04. The number of nitrogens with zero attached hydrogens (tertiary/aromatic N) is 1. The molecule has 2 aromatic rings. The second-order valence-corrected chi connectivity index (χ2v) is 9.09. The zero-order valence-corrected chi connectivity index (χ0v) is 20.8. The van der Waals surface area contributed by atoms with Crippen molar-refractivity contribution >= 4 is 45.7 Å². The van der Waals surface area contributed by atoms with Crippen molar-refractivity contribution in [2.24, 2.45) is 16.6 Å². The predicted octanol–water partition coefficient (Wildman–Crippen LogP) is 2.16. The first kappa shape index (κ1) is 26.8. The molecule has 4 N–H and O–H groups in total. The van der Waals surface area contributed by atoms with Gasteiger partial charge in [0, 0.05) is 26.4 Å². The Kier molecular flexibility index (Phi) is 10.4. The quantitative estimate of drug-likeness (QED) is 0.259. The zero-order chi connectivity index (χ0) is 22.3. The van der Waals surface area contributed by atoms with Crippen LogP contribution < -0.4 is 16.4 Å². The van der Waals surface area contributed by atoms with E-state index < -0.39 is 21.7 Å². The van der Waals surface area contributed by atoms with E-state index in [1.165, 1.54) is 18.4 Å². The van der Waals surface area contributed by atoms with E-state index in [2.05, 4.69) is 15.6 Å². The van der Waals surface area contributed by atoms with Gasteiger partial charge in [0.2, 0.25) is 5.91 Å². The van der Waals surface area contributed by atoms with Gasteiger partial charge in [-0.2, -0.15) is 0 Å². The predicted molar refractivity (Wildman–Crippen MR) is 131 cm³/mol. The van der Waals surface area contributed by atoms with Crippen molar-refractivity contribution in [3.63, 3.8) is 0 Å². The Morgan fingerprint density at radius 3 is 2.26 bits per heavy atom. The molecule has 0 aliphatic carbocycles. The summed E-state index contributed by atoms with van der Waals surface area (Å²) >= 11 is 0. The zero-order valence-electron chi connectivity index (χ0n) is 17.7. The Bertz CT molecular complexity index is 1030. The number of guanidine groups is 1. The van der Waals surface area contributed by atoms with Crippen LogP contribution in [0.5, 0.6) is 0 Å². The molecular formula is C21H28FIN4O3S. The maximum absolute atomic E-state index is 13.1. The van der Waals surface area contributed by atoms with Crippen LogP contribution in [0.15, 0.2) is 52.4 Å². The maximum Gasteiger partial charge on any atom is 0.222 e. The Balaban J connectivity index is 0.00000480. The Morgan fingerprint density at radius 1 is 1.13 bits per heavy atom. The molecule has 10 heteroatoms. The summed E-state index contributed by atoms with van der Waals surface area (Å²) in [6.45, 7) is 2.43. The fraction of sp³-hybridized carbons (Fsp3) is 0.333. The molecule has 0 bridgehead atoms. The van der Waals surface area contributed by atoms with Crippen molar-refractivity contribution in [2.75, 3.05) is 19.8 Å². The van der Waals surface area contributed by atoms with Crippen molar-refractivity contribution < 1.29 is 17.6 Å². The molecule has 1 amide bonds. The van der Waals surface area contributed by atoms with Crippen molar-refractivity contribution in [2.45, 2.75) is 24.8 Å². The molecule has 2 aromatic carbocycles. The number of nitrogens with one attached hydrogen (secondary N) is 2. The highest BCUT2D eigenvalue weighted by Gasteiger charge is 2.17. The van der Waals surface area contributed by atoms with Crippen molar-refractivity contribution in [1.29, 1.82) is 0 Å². The van der Waals surface area contributed by atoms with Gasteiger partial charge in [0.15, 0.2) is 15.8 Å². The summed E-state index contributed by atoms with van der Waals surface area (Å²) in [5, 5.41) is 6.20. The van der Waals surface area contributed by atoms with Crippen LogP contribution in [-0.4, -0.2) is 40.1 Å². The van der Waals surface area contributed by atoms with Gasteiger partial charge < -0.3 is 16.4 Å². The summed E-state index contributed by atoms with van der Waals surface area (Å²) in [7, 11) is -1.66. The largest absolute Gasteiger partial charge is 0.369 e. The minimum atomic E-state index is -3.26. The number of aliphatic imine (C=N–C) groups is 1. The number of rotatable bonds is 8. The van der Waals surface area contributed by atoms with Crippen LogP contribution in [0.25, 0.3) is 0 Å². The lowest BCUT2D eigenvalue weighted by molar-refractivity contribution is -0.121. The summed E-state index contributed by atoms with van der Waals surface area (Å²) in [6, 6.07) is 11.1. The van der Waals surface area contributed by atoms with E-state index in [4.69, 9.17) is 5.73 Å². The number of benzene rings is 2. The monoisotopic (exact) mass is 562 g/mol. The Labute approximate surface area is 199 Å². The van der Waals surface area contributed by atoms with Crippen molar-refractivity contribution in [3.8, 4) is 0 Å². The number of aryl methyl sites for hydroxylation is 1. The molecule has 170 valence electrons. The third-order valence-corrected chi connectivity index (χ3v) is 5.89. The molecule has 2 rings (SSSR count). The number of hydrogen-bond acceptors (Lipinski definition) is 4. The van der Waals surface area contributed by atoms with Gasteiger partial charge in [-0.1, -0.05) is 24.3 Å². The normalized spacial score (nSPS) is 12.6. The van der Waals surface area contributed by atoms with Crippen molar-refractivity contribution in [3.05, 3.63) is 65.0 Å². The number of halogens is 2. The number of primary amides is 1. The van der Waals surface area contributed by atoms with Gasteiger partial charge in [-0.3, -0.25) is 9.79 Å². The van der Waals surface area contributed by atoms with Gasteiger partial charge in [0.1, 0.15) is 5.82 Å². The smallest absolute Gasteiger partial charge is 0.222 e. The van der Waals surface area contributed by atoms with Crippen LogP contribution in [0.2, 0.25) is 0 Å². The average molecular weight is 562 g/mol. The third-order valence-electron chi connectivity index (χ3n) is 4.64. The van der Waals surface area contributed by atoms with E-state index in [9.17, 15) is 17.6 Å². The third kappa shape index (κ3) is 8.44. The molecule has 7 nitrogen and oxygen atoms in total. The average Bonchev–Trinajstić information content (AvgIpc) is 2.67. The van der Waals surface area contributed by atoms with E-state index in [0.717, 1.165) is 11.1 Å². The summed E-state index contributed by atoms with van der Waals surface area (Å²) in [5.41, 5.74) is 7.89. The molecular weight excluding hydrogens is 534 g/mol. The first-order chi connectivity index (χ1) is 14.1. The molecule has 31 heavy (non-hydrogen) atoms. The summed E-state index contributed by atoms with van der Waals surface area (Å²) in [5.74, 6) is -0.818. The summed E-state index contributed by atoms with van der Waals surface area (Å²) < 4.78 is 36.5. The minimum Gasteiger partial charge on any atom is -0.369 e. The molecule has 0 spiro atoms. The number of carbonyl (C=O) groups excluding carboxylic acids is 1. The van der Waals surface area contributed by atoms with Crippen LogP contribution >= 0.6 is 24.0 Å². The Hall–Kier alpha value is -2.21. The van der Waals surface area contributed by atoms with E-state index in [1.54, 1.807) is 44.3 Å². The highest BCUT2D eigenvalue weighted by Crippen LogP contribution is 2.16. The summed E-state index contributed by atoms with van der Waals surface area (Å²) in [6.07, 6.45) is 1.56. The van der Waals surface area contributed by atoms with Crippen LogP contribution in [0.1, 0.15) is 16.7 Å². The Morgan fingerprint density at radius 2 is 1.74 bits per heavy atom. The van der Waals surface area contributed by atoms with E-state index >= 15 is 0 Å². The molecule has 0 saturated carbocycles. The lowest BCUT2D eigenvalue weighted by Crippen LogP contribution is -2.42. The molecule has 0 aliphatic rings. The highest BCUT2D eigenvalue weighted by atomic mass is 127. The van der Waals surface area contributed by atoms with E-state index in [1.807, 2.05) is 0 Å². The van der Waals surface area contributed by atoms with Gasteiger partial charge in [-0.05, 0) is 48.2 Å². The minimum absolute atomic E-state index is 0. The lowest BCUT2D eigenvalue weighted by atomic mass is 9.98. The van der Waals surface area contributed by atoms with Crippen LogP contribution in [0.4, 0.5) is 4.39 Å². The molecule has 0 saturated heterocycles. The molecule has 0 aromatic heterocycles. The van der Waals surface area contributed by atoms with Crippen LogP contribution in [0.3, 0.4) is 0 Å². The number of carbonyl (C=O) groups is 1. The molecule has 0 aliphatic heterocycles. The SMILES string of the molecule is CN=C(NCc1ccc(S(C)(=O)=O)c(C)c1)NCC(Cc1ccc(F)cc1)C(N)=O.I. The van der Waals surface area contributed by atoms with Crippen LogP contribution in [0, 0.1) is 18.7 Å². The molecule has 1 atom stereocenters. The fourth-order valence-corrected chi connectivity index (χ4v) is 4.00. The van der Waals surface area contributed by atoms with Gasteiger partial charge in [0.25, 0.3) is 0 Å². The van der Waals surface area contributed by atoms with Gasteiger partial charge in [-0.25, -0.2) is 12.8 Å². The van der Waals surface area contributed by atoms with Crippen LogP contribution in [-0.2, 0) is 27.6 Å². The lowest BCUT2D eigenvalue weighted by Gasteiger charge is -2.17. The van der Waals surface area contributed by atoms with Gasteiger partial charge in [0.05, 0.1) is 10.8 Å². The molecule has 1 unspecified atom stereocenters. The molecule has 0 heterocycles. The molecule has 0 radical (unpaired) electrons. The second-order valence-electron chi connectivity index (χ2n) is 7.11. The number of amides is 1. The summed E-state index contributed by atoms with van der Waals surface area (Å²) in [4.78, 5) is 16.2. The second kappa shape index (κ2) is 12.0. The number of sulfone groups is 1. The number of hydrogen-bond donors (Lipinski definition) is 3. The maximum atomic E-state index is 13.1. The number of nitrogens with two attached hydrogens (primary N) is 1. The topological polar surface area (TPSA) is 114 Å².